The molecule has 0 spiro atoms. The highest BCUT2D eigenvalue weighted by Gasteiger charge is 2.20. The van der Waals surface area contributed by atoms with Crippen molar-refractivity contribution in [3.63, 3.8) is 0 Å². The van der Waals surface area contributed by atoms with Gasteiger partial charge in [0.2, 0.25) is 0 Å². The van der Waals surface area contributed by atoms with E-state index in [4.69, 9.17) is 10.2 Å². The second-order valence-corrected chi connectivity index (χ2v) is 5.37. The van der Waals surface area contributed by atoms with Gasteiger partial charge in [-0.1, -0.05) is 12.1 Å². The Morgan fingerprint density at radius 1 is 1.42 bits per heavy atom. The SMILES string of the molecule is Cc1ccc2c(CN3CC[C@@H](N)C3)cc(=O)oc2c1. The normalized spacial score (nSPS) is 20.2. The summed E-state index contributed by atoms with van der Waals surface area (Å²) in [4.78, 5) is 13.9. The predicted octanol–water partition coefficient (Wildman–Crippen LogP) is 1.63. The van der Waals surface area contributed by atoms with Crippen molar-refractivity contribution in [2.75, 3.05) is 13.1 Å². The Kier molecular flexibility index (Phi) is 3.12. The number of fused-ring (bicyclic) bond motifs is 1. The number of aryl methyl sites for hydroxylation is 1. The van der Waals surface area contributed by atoms with Crippen molar-refractivity contribution in [2.45, 2.75) is 25.9 Å². The molecule has 1 atom stereocenters. The minimum Gasteiger partial charge on any atom is -0.423 e. The van der Waals surface area contributed by atoms with Gasteiger partial charge in [0, 0.05) is 37.1 Å². The molecule has 1 aliphatic heterocycles. The topological polar surface area (TPSA) is 59.5 Å². The summed E-state index contributed by atoms with van der Waals surface area (Å²) in [7, 11) is 0. The van der Waals surface area contributed by atoms with E-state index in [9.17, 15) is 4.79 Å². The molecule has 1 fully saturated rings. The summed E-state index contributed by atoms with van der Waals surface area (Å²) in [5, 5.41) is 1.02. The van der Waals surface area contributed by atoms with Crippen molar-refractivity contribution in [2.24, 2.45) is 5.73 Å². The van der Waals surface area contributed by atoms with Crippen LogP contribution in [0, 0.1) is 6.92 Å². The molecule has 100 valence electrons. The number of likely N-dealkylation sites (tertiary alicyclic amines) is 1. The van der Waals surface area contributed by atoms with Crippen molar-refractivity contribution >= 4 is 11.0 Å². The Hall–Kier alpha value is -1.65. The van der Waals surface area contributed by atoms with Crippen LogP contribution in [0.2, 0.25) is 0 Å². The maximum absolute atomic E-state index is 11.6. The van der Waals surface area contributed by atoms with Crippen LogP contribution in [-0.4, -0.2) is 24.0 Å². The van der Waals surface area contributed by atoms with Crippen molar-refractivity contribution in [1.29, 1.82) is 0 Å². The summed E-state index contributed by atoms with van der Waals surface area (Å²) in [6.07, 6.45) is 1.03. The van der Waals surface area contributed by atoms with Gasteiger partial charge in [-0.2, -0.15) is 0 Å². The maximum atomic E-state index is 11.6. The zero-order valence-corrected chi connectivity index (χ0v) is 11.1. The van der Waals surface area contributed by atoms with Crippen LogP contribution >= 0.6 is 0 Å². The summed E-state index contributed by atoms with van der Waals surface area (Å²) >= 11 is 0. The van der Waals surface area contributed by atoms with E-state index in [1.54, 1.807) is 6.07 Å². The summed E-state index contributed by atoms with van der Waals surface area (Å²) in [5.74, 6) is 0. The van der Waals surface area contributed by atoms with Gasteiger partial charge >= 0.3 is 5.63 Å². The second kappa shape index (κ2) is 4.79. The molecule has 3 rings (SSSR count). The molecule has 19 heavy (non-hydrogen) atoms. The highest BCUT2D eigenvalue weighted by molar-refractivity contribution is 5.80. The number of nitrogens with zero attached hydrogens (tertiary/aromatic N) is 1. The number of nitrogens with two attached hydrogens (primary N) is 1. The Morgan fingerprint density at radius 2 is 2.26 bits per heavy atom. The fourth-order valence-electron chi connectivity index (χ4n) is 2.72. The van der Waals surface area contributed by atoms with Gasteiger partial charge < -0.3 is 10.2 Å². The third-order valence-electron chi connectivity index (χ3n) is 3.69. The van der Waals surface area contributed by atoms with Crippen molar-refractivity contribution in [1.82, 2.24) is 4.90 Å². The zero-order valence-electron chi connectivity index (χ0n) is 11.1. The van der Waals surface area contributed by atoms with Crippen LogP contribution in [-0.2, 0) is 6.54 Å². The molecule has 0 saturated carbocycles. The standard InChI is InChI=1S/C15H18N2O2/c1-10-2-3-13-11(7-15(18)19-14(13)6-10)8-17-5-4-12(16)9-17/h2-3,6-7,12H,4-5,8-9,16H2,1H3/t12-/m1/s1. The molecule has 0 radical (unpaired) electrons. The largest absolute Gasteiger partial charge is 0.423 e. The van der Waals surface area contributed by atoms with Gasteiger partial charge in [-0.25, -0.2) is 4.79 Å². The van der Waals surface area contributed by atoms with E-state index in [0.29, 0.717) is 5.58 Å². The van der Waals surface area contributed by atoms with Gasteiger partial charge in [0.25, 0.3) is 0 Å². The minimum absolute atomic E-state index is 0.258. The molecule has 2 aromatic rings. The zero-order chi connectivity index (χ0) is 13.4. The van der Waals surface area contributed by atoms with Crippen LogP contribution in [0.1, 0.15) is 17.5 Å². The van der Waals surface area contributed by atoms with Crippen LogP contribution in [0.15, 0.2) is 33.5 Å². The molecule has 0 amide bonds. The van der Waals surface area contributed by atoms with Gasteiger partial charge in [-0.15, -0.1) is 0 Å². The lowest BCUT2D eigenvalue weighted by Crippen LogP contribution is -2.26. The van der Waals surface area contributed by atoms with E-state index in [1.807, 2.05) is 25.1 Å². The Labute approximate surface area is 111 Å². The van der Waals surface area contributed by atoms with Gasteiger partial charge in [0.05, 0.1) is 0 Å². The first-order valence-electron chi connectivity index (χ1n) is 6.63. The smallest absolute Gasteiger partial charge is 0.336 e. The van der Waals surface area contributed by atoms with Crippen molar-refractivity contribution in [3.05, 3.63) is 45.8 Å². The number of hydrogen-bond donors (Lipinski definition) is 1. The van der Waals surface area contributed by atoms with E-state index in [2.05, 4.69) is 4.90 Å². The monoisotopic (exact) mass is 258 g/mol. The summed E-state index contributed by atoms with van der Waals surface area (Å²) in [6.45, 7) is 4.65. The summed E-state index contributed by atoms with van der Waals surface area (Å²) in [6, 6.07) is 7.84. The van der Waals surface area contributed by atoms with Crippen LogP contribution in [0.3, 0.4) is 0 Å². The number of rotatable bonds is 2. The molecular formula is C15H18N2O2. The lowest BCUT2D eigenvalue weighted by atomic mass is 10.1. The molecule has 1 aromatic heterocycles. The first-order valence-corrected chi connectivity index (χ1v) is 6.63. The number of benzene rings is 1. The molecule has 1 saturated heterocycles. The second-order valence-electron chi connectivity index (χ2n) is 5.37. The summed E-state index contributed by atoms with van der Waals surface area (Å²) in [5.41, 5.74) is 8.43. The molecule has 0 bridgehead atoms. The molecule has 1 aromatic carbocycles. The van der Waals surface area contributed by atoms with E-state index in [0.717, 1.165) is 42.6 Å². The molecule has 4 nitrogen and oxygen atoms in total. The number of hydrogen-bond acceptors (Lipinski definition) is 4. The molecule has 0 unspecified atom stereocenters. The van der Waals surface area contributed by atoms with Gasteiger partial charge in [0.15, 0.2) is 0 Å². The van der Waals surface area contributed by atoms with Gasteiger partial charge in [-0.05, 0) is 30.5 Å². The third-order valence-corrected chi connectivity index (χ3v) is 3.69. The Bertz CT molecular complexity index is 663. The fourth-order valence-corrected chi connectivity index (χ4v) is 2.72. The predicted molar refractivity (Wildman–Crippen MR) is 75.1 cm³/mol. The van der Waals surface area contributed by atoms with Crippen LogP contribution < -0.4 is 11.4 Å². The average Bonchev–Trinajstić information content (AvgIpc) is 2.74. The van der Waals surface area contributed by atoms with Crippen molar-refractivity contribution in [3.8, 4) is 0 Å². The lowest BCUT2D eigenvalue weighted by Gasteiger charge is -2.16. The first-order chi connectivity index (χ1) is 9.11. The van der Waals surface area contributed by atoms with Gasteiger partial charge in [-0.3, -0.25) is 4.90 Å². The molecule has 1 aliphatic rings. The van der Waals surface area contributed by atoms with Crippen LogP contribution in [0.5, 0.6) is 0 Å². The molecule has 2 N–H and O–H groups in total. The molecule has 0 aliphatic carbocycles. The van der Waals surface area contributed by atoms with E-state index >= 15 is 0 Å². The fraction of sp³-hybridized carbons (Fsp3) is 0.400. The minimum atomic E-state index is -0.281. The molecular weight excluding hydrogens is 240 g/mol. The quantitative estimate of drug-likeness (QED) is 0.832. The van der Waals surface area contributed by atoms with Crippen molar-refractivity contribution < 1.29 is 4.42 Å². The maximum Gasteiger partial charge on any atom is 0.336 e. The van der Waals surface area contributed by atoms with E-state index < -0.39 is 0 Å². The molecule has 4 heteroatoms. The highest BCUT2D eigenvalue weighted by atomic mass is 16.4. The van der Waals surface area contributed by atoms with Gasteiger partial charge in [0.1, 0.15) is 5.58 Å². The Morgan fingerprint density at radius 3 is 3.00 bits per heavy atom. The Balaban J connectivity index is 2.00. The average molecular weight is 258 g/mol. The van der Waals surface area contributed by atoms with Crippen LogP contribution in [0.4, 0.5) is 0 Å². The third kappa shape index (κ3) is 2.55. The van der Waals surface area contributed by atoms with Crippen LogP contribution in [0.25, 0.3) is 11.0 Å². The highest BCUT2D eigenvalue weighted by Crippen LogP contribution is 2.21. The van der Waals surface area contributed by atoms with E-state index in [-0.39, 0.29) is 11.7 Å². The summed E-state index contributed by atoms with van der Waals surface area (Å²) < 4.78 is 5.27. The molecule has 2 heterocycles. The lowest BCUT2D eigenvalue weighted by molar-refractivity contribution is 0.327. The first kappa shape index (κ1) is 12.4. The van der Waals surface area contributed by atoms with E-state index in [1.165, 1.54) is 0 Å².